The minimum Gasteiger partial charge on any atom is -0.426 e. The molecule has 7 heteroatoms. The number of rotatable bonds is 5. The Labute approximate surface area is 157 Å². The van der Waals surface area contributed by atoms with Crippen molar-refractivity contribution < 1.29 is 18.7 Å². The van der Waals surface area contributed by atoms with Crippen molar-refractivity contribution in [3.8, 4) is 11.7 Å². The Kier molecular flexibility index (Phi) is 4.85. The molecule has 0 saturated carbocycles. The van der Waals surface area contributed by atoms with Gasteiger partial charge in [0.15, 0.2) is 0 Å². The van der Waals surface area contributed by atoms with Crippen LogP contribution in [0.5, 0.6) is 11.7 Å². The fourth-order valence-electron chi connectivity index (χ4n) is 3.79. The van der Waals surface area contributed by atoms with Crippen molar-refractivity contribution in [2.45, 2.75) is 25.8 Å². The van der Waals surface area contributed by atoms with Crippen molar-refractivity contribution in [3.63, 3.8) is 0 Å². The highest BCUT2D eigenvalue weighted by atomic mass is 16.6. The van der Waals surface area contributed by atoms with Gasteiger partial charge >= 0.3 is 0 Å². The molecule has 0 aliphatic carbocycles. The molecule has 4 heterocycles. The number of piperidine rings is 3. The number of furan rings is 1. The molecule has 7 nitrogen and oxygen atoms in total. The van der Waals surface area contributed by atoms with Gasteiger partial charge in [-0.05, 0) is 56.1 Å². The van der Waals surface area contributed by atoms with Crippen LogP contribution in [-0.2, 0) is 4.79 Å². The highest BCUT2D eigenvalue weighted by Crippen LogP contribution is 2.28. The van der Waals surface area contributed by atoms with Crippen LogP contribution in [0.25, 0.3) is 0 Å². The summed E-state index contributed by atoms with van der Waals surface area (Å²) in [5.74, 6) is 1.48. The van der Waals surface area contributed by atoms with E-state index in [1.54, 1.807) is 36.4 Å². The van der Waals surface area contributed by atoms with Crippen LogP contribution in [0.4, 0.5) is 5.88 Å². The van der Waals surface area contributed by atoms with Gasteiger partial charge in [-0.25, -0.2) is 0 Å². The van der Waals surface area contributed by atoms with Gasteiger partial charge in [0.1, 0.15) is 5.75 Å². The number of nitrogens with zero attached hydrogens (tertiary/aromatic N) is 1. The maximum Gasteiger partial charge on any atom is 0.291 e. The summed E-state index contributed by atoms with van der Waals surface area (Å²) in [5, 5.41) is 5.72. The van der Waals surface area contributed by atoms with Crippen molar-refractivity contribution in [1.82, 2.24) is 10.2 Å². The number of anilines is 1. The molecule has 2 N–H and O–H groups in total. The van der Waals surface area contributed by atoms with Gasteiger partial charge in [0.05, 0.1) is 0 Å². The van der Waals surface area contributed by atoms with Crippen LogP contribution >= 0.6 is 0 Å². The normalized spacial score (nSPS) is 23.7. The molecule has 2 aromatic rings. The van der Waals surface area contributed by atoms with Gasteiger partial charge in [0, 0.05) is 37.2 Å². The average molecular weight is 369 g/mol. The first kappa shape index (κ1) is 17.6. The van der Waals surface area contributed by atoms with Crippen LogP contribution in [0.3, 0.4) is 0 Å². The van der Waals surface area contributed by atoms with Gasteiger partial charge in [-0.1, -0.05) is 0 Å². The van der Waals surface area contributed by atoms with E-state index in [0.29, 0.717) is 23.1 Å². The number of carbonyl (C=O) groups is 2. The third-order valence-electron chi connectivity index (χ3n) is 5.19. The van der Waals surface area contributed by atoms with Crippen molar-refractivity contribution in [2.75, 3.05) is 25.0 Å². The zero-order chi connectivity index (χ0) is 18.8. The third kappa shape index (κ3) is 4.14. The van der Waals surface area contributed by atoms with Gasteiger partial charge < -0.3 is 19.4 Å². The summed E-state index contributed by atoms with van der Waals surface area (Å²) in [6.07, 6.45) is 2.34. The number of hydrogen-bond acceptors (Lipinski definition) is 5. The minimum absolute atomic E-state index is 0.0498. The molecular weight excluding hydrogens is 346 g/mol. The smallest absolute Gasteiger partial charge is 0.291 e. The van der Waals surface area contributed by atoms with Gasteiger partial charge in [0.2, 0.25) is 11.8 Å². The molecule has 5 rings (SSSR count). The van der Waals surface area contributed by atoms with Crippen molar-refractivity contribution >= 4 is 17.7 Å². The molecule has 1 unspecified atom stereocenters. The van der Waals surface area contributed by atoms with E-state index in [1.165, 1.54) is 19.8 Å². The summed E-state index contributed by atoms with van der Waals surface area (Å²) >= 11 is 0. The number of fused-ring (bicyclic) bond motifs is 3. The van der Waals surface area contributed by atoms with Crippen molar-refractivity contribution in [2.24, 2.45) is 5.92 Å². The molecule has 3 saturated heterocycles. The topological polar surface area (TPSA) is 83.8 Å². The lowest BCUT2D eigenvalue weighted by molar-refractivity contribution is -0.114. The molecule has 142 valence electrons. The highest BCUT2D eigenvalue weighted by Gasteiger charge is 2.34. The molecule has 27 heavy (non-hydrogen) atoms. The molecule has 0 radical (unpaired) electrons. The van der Waals surface area contributed by atoms with E-state index in [-0.39, 0.29) is 23.8 Å². The second kappa shape index (κ2) is 7.44. The molecule has 1 aromatic carbocycles. The first-order valence-corrected chi connectivity index (χ1v) is 9.25. The fourth-order valence-corrected chi connectivity index (χ4v) is 3.79. The predicted molar refractivity (Wildman–Crippen MR) is 99.9 cm³/mol. The van der Waals surface area contributed by atoms with E-state index < -0.39 is 0 Å². The zero-order valence-corrected chi connectivity index (χ0v) is 15.2. The first-order chi connectivity index (χ1) is 13.1. The quantitative estimate of drug-likeness (QED) is 0.847. The molecule has 3 aliphatic heterocycles. The lowest BCUT2D eigenvalue weighted by Gasteiger charge is -2.44. The second-order valence-corrected chi connectivity index (χ2v) is 7.14. The molecular formula is C20H23N3O4. The molecule has 3 fully saturated rings. The van der Waals surface area contributed by atoms with Crippen molar-refractivity contribution in [3.05, 3.63) is 42.0 Å². The Morgan fingerprint density at radius 2 is 1.85 bits per heavy atom. The summed E-state index contributed by atoms with van der Waals surface area (Å²) in [4.78, 5) is 26.0. The van der Waals surface area contributed by atoms with Crippen LogP contribution in [0.1, 0.15) is 30.1 Å². The van der Waals surface area contributed by atoms with Crippen LogP contribution in [0, 0.1) is 5.92 Å². The summed E-state index contributed by atoms with van der Waals surface area (Å²) in [6, 6.07) is 10.4. The van der Waals surface area contributed by atoms with Gasteiger partial charge in [-0.3, -0.25) is 14.9 Å². The van der Waals surface area contributed by atoms with E-state index in [0.717, 1.165) is 19.6 Å². The Morgan fingerprint density at radius 3 is 2.48 bits per heavy atom. The molecule has 0 spiro atoms. The maximum absolute atomic E-state index is 12.5. The largest absolute Gasteiger partial charge is 0.426 e. The maximum atomic E-state index is 12.5. The van der Waals surface area contributed by atoms with E-state index in [2.05, 4.69) is 15.5 Å². The molecule has 2 amide bonds. The van der Waals surface area contributed by atoms with Gasteiger partial charge in [-0.15, -0.1) is 0 Å². The van der Waals surface area contributed by atoms with E-state index >= 15 is 0 Å². The highest BCUT2D eigenvalue weighted by molar-refractivity contribution is 5.94. The molecule has 3 aliphatic rings. The van der Waals surface area contributed by atoms with Crippen molar-refractivity contribution in [1.29, 1.82) is 0 Å². The van der Waals surface area contributed by atoms with Crippen LogP contribution in [-0.4, -0.2) is 42.4 Å². The van der Waals surface area contributed by atoms with Gasteiger partial charge in [-0.2, -0.15) is 0 Å². The lowest BCUT2D eigenvalue weighted by Crippen LogP contribution is -2.57. The lowest BCUT2D eigenvalue weighted by atomic mass is 9.84. The predicted octanol–water partition coefficient (Wildman–Crippen LogP) is 2.85. The Balaban J connectivity index is 1.35. The summed E-state index contributed by atoms with van der Waals surface area (Å²) in [7, 11) is 0. The summed E-state index contributed by atoms with van der Waals surface area (Å²) in [6.45, 7) is 4.66. The molecule has 1 aromatic heterocycles. The zero-order valence-electron chi connectivity index (χ0n) is 15.2. The van der Waals surface area contributed by atoms with Crippen LogP contribution < -0.4 is 15.4 Å². The summed E-state index contributed by atoms with van der Waals surface area (Å²) < 4.78 is 11.0. The summed E-state index contributed by atoms with van der Waals surface area (Å²) in [5.41, 5.74) is 0.608. The van der Waals surface area contributed by atoms with Gasteiger partial charge in [0.25, 0.3) is 11.9 Å². The number of amides is 2. The Hall–Kier alpha value is -2.80. The minimum atomic E-state index is -0.214. The number of hydrogen-bond donors (Lipinski definition) is 2. The number of ether oxygens (including phenoxy) is 1. The standard InChI is InChI=1S/C20H23N3O4/c1-13(24)21-18-6-7-19(27-18)26-16-4-2-15(3-5-16)20(25)22-17-12-23-10-8-14(17)9-11-23/h2-7,14,17H,8-12H2,1H3,(H,21,24)(H,22,25). The van der Waals surface area contributed by atoms with E-state index in [1.807, 2.05) is 0 Å². The van der Waals surface area contributed by atoms with E-state index in [9.17, 15) is 9.59 Å². The van der Waals surface area contributed by atoms with Crippen LogP contribution in [0.15, 0.2) is 40.8 Å². The molecule has 2 bridgehead atoms. The first-order valence-electron chi connectivity index (χ1n) is 9.25. The monoisotopic (exact) mass is 369 g/mol. The number of benzene rings is 1. The number of nitrogens with one attached hydrogen (secondary N) is 2. The Morgan fingerprint density at radius 1 is 1.11 bits per heavy atom. The number of carbonyl (C=O) groups excluding carboxylic acids is 2. The average Bonchev–Trinajstić information content (AvgIpc) is 3.09. The van der Waals surface area contributed by atoms with E-state index in [4.69, 9.17) is 9.15 Å². The third-order valence-corrected chi connectivity index (χ3v) is 5.19. The second-order valence-electron chi connectivity index (χ2n) is 7.14. The molecule has 1 atom stereocenters. The fraction of sp³-hybridized carbons (Fsp3) is 0.400. The van der Waals surface area contributed by atoms with Crippen LogP contribution in [0.2, 0.25) is 0 Å². The Bertz CT molecular complexity index is 822. The SMILES string of the molecule is CC(=O)Nc1ccc(Oc2ccc(C(=O)NC3CN4CCC3CC4)cc2)o1.